The van der Waals surface area contributed by atoms with Crippen LogP contribution in [0.1, 0.15) is 29.7 Å². The predicted molar refractivity (Wildman–Crippen MR) is 115 cm³/mol. The van der Waals surface area contributed by atoms with Crippen molar-refractivity contribution in [1.82, 2.24) is 15.0 Å². The highest BCUT2D eigenvalue weighted by atomic mass is 35.5. The molecule has 0 bridgehead atoms. The van der Waals surface area contributed by atoms with E-state index in [0.29, 0.717) is 11.0 Å². The number of pyridine rings is 1. The summed E-state index contributed by atoms with van der Waals surface area (Å²) in [7, 11) is 0. The van der Waals surface area contributed by atoms with Crippen molar-refractivity contribution in [2.75, 3.05) is 0 Å². The Labute approximate surface area is 169 Å². The van der Waals surface area contributed by atoms with Crippen molar-refractivity contribution in [3.05, 3.63) is 76.6 Å². The summed E-state index contributed by atoms with van der Waals surface area (Å²) in [5.41, 5.74) is 6.42. The van der Waals surface area contributed by atoms with E-state index < -0.39 is 0 Å². The number of rotatable bonds is 2. The summed E-state index contributed by atoms with van der Waals surface area (Å²) in [5, 5.41) is 2.88. The van der Waals surface area contributed by atoms with E-state index in [1.165, 1.54) is 40.4 Å². The van der Waals surface area contributed by atoms with Crippen molar-refractivity contribution in [2.45, 2.75) is 32.6 Å². The van der Waals surface area contributed by atoms with E-state index in [2.05, 4.69) is 54.4 Å². The molecule has 1 aliphatic carbocycles. The van der Waals surface area contributed by atoms with E-state index in [4.69, 9.17) is 21.6 Å². The molecule has 0 radical (unpaired) electrons. The van der Waals surface area contributed by atoms with Crippen LogP contribution < -0.4 is 0 Å². The van der Waals surface area contributed by atoms with Crippen LogP contribution in [0.3, 0.4) is 0 Å². The Bertz CT molecular complexity index is 1200. The van der Waals surface area contributed by atoms with Gasteiger partial charge in [0.25, 0.3) is 0 Å². The second-order valence-corrected chi connectivity index (χ2v) is 7.76. The Morgan fingerprint density at radius 1 is 0.821 bits per heavy atom. The maximum absolute atomic E-state index is 6.38. The number of aromatic nitrogens is 3. The first-order chi connectivity index (χ1) is 13.7. The largest absolute Gasteiger partial charge is 0.249 e. The molecule has 2 aromatic carbocycles. The van der Waals surface area contributed by atoms with Gasteiger partial charge < -0.3 is 0 Å². The van der Waals surface area contributed by atoms with Gasteiger partial charge in [0.15, 0.2) is 5.82 Å². The SMILES string of the molecule is Cc1c(-c2cc(Cl)nc(-c3ccc4c(n3)CCCC4)n2)ccc2ccccc12. The number of benzene rings is 2. The van der Waals surface area contributed by atoms with Crippen molar-refractivity contribution in [1.29, 1.82) is 0 Å². The lowest BCUT2D eigenvalue weighted by atomic mass is 9.96. The first-order valence-electron chi connectivity index (χ1n) is 9.71. The average Bonchev–Trinajstić information content (AvgIpc) is 2.73. The first-order valence-corrected chi connectivity index (χ1v) is 10.1. The molecular formula is C24H20ClN3. The fraction of sp³-hybridized carbons (Fsp3) is 0.208. The molecule has 4 aromatic rings. The molecule has 0 unspecified atom stereocenters. The summed E-state index contributed by atoms with van der Waals surface area (Å²) >= 11 is 6.38. The summed E-state index contributed by atoms with van der Waals surface area (Å²) in [6, 6.07) is 18.7. The highest BCUT2D eigenvalue weighted by Gasteiger charge is 2.15. The van der Waals surface area contributed by atoms with Crippen LogP contribution in [0.25, 0.3) is 33.5 Å². The number of aryl methyl sites for hydroxylation is 3. The smallest absolute Gasteiger partial charge is 0.180 e. The summed E-state index contributed by atoms with van der Waals surface area (Å²) < 4.78 is 0. The number of nitrogens with zero attached hydrogens (tertiary/aromatic N) is 3. The molecule has 4 heteroatoms. The minimum Gasteiger partial charge on any atom is -0.249 e. The van der Waals surface area contributed by atoms with Crippen LogP contribution >= 0.6 is 11.6 Å². The summed E-state index contributed by atoms with van der Waals surface area (Å²) in [5.74, 6) is 0.587. The zero-order chi connectivity index (χ0) is 19.1. The van der Waals surface area contributed by atoms with Gasteiger partial charge >= 0.3 is 0 Å². The third-order valence-corrected chi connectivity index (χ3v) is 5.77. The van der Waals surface area contributed by atoms with Gasteiger partial charge in [-0.15, -0.1) is 0 Å². The Morgan fingerprint density at radius 3 is 2.61 bits per heavy atom. The lowest BCUT2D eigenvalue weighted by Crippen LogP contribution is -2.06. The Balaban J connectivity index is 1.63. The van der Waals surface area contributed by atoms with Crippen LogP contribution in [0, 0.1) is 6.92 Å². The minimum absolute atomic E-state index is 0.437. The second kappa shape index (κ2) is 6.99. The first kappa shape index (κ1) is 17.3. The zero-order valence-electron chi connectivity index (χ0n) is 15.7. The standard InChI is InChI=1S/C24H20ClN3/c1-15-18-8-4-2-6-16(18)10-12-19(15)22-14-23(25)28-24(27-22)21-13-11-17-7-3-5-9-20(17)26-21/h2,4,6,8,10-14H,3,5,7,9H2,1H3. The molecule has 28 heavy (non-hydrogen) atoms. The fourth-order valence-electron chi connectivity index (χ4n) is 4.08. The van der Waals surface area contributed by atoms with Crippen LogP contribution in [-0.4, -0.2) is 15.0 Å². The summed E-state index contributed by atoms with van der Waals surface area (Å²) in [4.78, 5) is 14.1. The second-order valence-electron chi connectivity index (χ2n) is 7.37. The fourth-order valence-corrected chi connectivity index (χ4v) is 4.26. The lowest BCUT2D eigenvalue weighted by molar-refractivity contribution is 0.668. The summed E-state index contributed by atoms with van der Waals surface area (Å²) in [6.07, 6.45) is 4.58. The summed E-state index contributed by atoms with van der Waals surface area (Å²) in [6.45, 7) is 2.13. The molecule has 2 heterocycles. The molecule has 0 fully saturated rings. The molecule has 0 N–H and O–H groups in total. The van der Waals surface area contributed by atoms with Crippen molar-refractivity contribution in [3.8, 4) is 22.8 Å². The highest BCUT2D eigenvalue weighted by molar-refractivity contribution is 6.29. The van der Waals surface area contributed by atoms with Crippen molar-refractivity contribution < 1.29 is 0 Å². The third kappa shape index (κ3) is 3.06. The van der Waals surface area contributed by atoms with E-state index in [0.717, 1.165) is 29.8 Å². The molecule has 0 aliphatic heterocycles. The molecule has 0 saturated carbocycles. The third-order valence-electron chi connectivity index (χ3n) is 5.58. The van der Waals surface area contributed by atoms with Gasteiger partial charge in [0, 0.05) is 17.3 Å². The molecule has 0 amide bonds. The molecule has 2 aromatic heterocycles. The van der Waals surface area contributed by atoms with Crippen molar-refractivity contribution in [2.24, 2.45) is 0 Å². The Hall–Kier alpha value is -2.78. The van der Waals surface area contributed by atoms with Gasteiger partial charge in [-0.05, 0) is 60.6 Å². The van der Waals surface area contributed by atoms with Crippen LogP contribution in [0.5, 0.6) is 0 Å². The number of halogens is 1. The quantitative estimate of drug-likeness (QED) is 0.385. The topological polar surface area (TPSA) is 38.7 Å². The Morgan fingerprint density at radius 2 is 1.68 bits per heavy atom. The van der Waals surface area contributed by atoms with Crippen LogP contribution in [0.15, 0.2) is 54.6 Å². The number of hydrogen-bond donors (Lipinski definition) is 0. The molecule has 1 aliphatic rings. The maximum Gasteiger partial charge on any atom is 0.180 e. The van der Waals surface area contributed by atoms with Gasteiger partial charge in [0.05, 0.1) is 5.69 Å². The van der Waals surface area contributed by atoms with E-state index in [9.17, 15) is 0 Å². The van der Waals surface area contributed by atoms with Gasteiger partial charge in [-0.2, -0.15) is 0 Å². The molecular weight excluding hydrogens is 366 g/mol. The minimum atomic E-state index is 0.437. The van der Waals surface area contributed by atoms with Crippen LogP contribution in [0.2, 0.25) is 5.15 Å². The number of hydrogen-bond acceptors (Lipinski definition) is 3. The van der Waals surface area contributed by atoms with Crippen LogP contribution in [0.4, 0.5) is 0 Å². The van der Waals surface area contributed by atoms with Gasteiger partial charge in [0.2, 0.25) is 0 Å². The number of fused-ring (bicyclic) bond motifs is 2. The average molecular weight is 386 g/mol. The monoisotopic (exact) mass is 385 g/mol. The molecule has 138 valence electrons. The van der Waals surface area contributed by atoms with Gasteiger partial charge in [-0.3, -0.25) is 0 Å². The van der Waals surface area contributed by atoms with E-state index in [1.807, 2.05) is 12.1 Å². The molecule has 0 spiro atoms. The normalized spacial score (nSPS) is 13.5. The molecule has 0 atom stereocenters. The van der Waals surface area contributed by atoms with E-state index in [-0.39, 0.29) is 0 Å². The molecule has 3 nitrogen and oxygen atoms in total. The van der Waals surface area contributed by atoms with Gasteiger partial charge in [-0.1, -0.05) is 54.1 Å². The van der Waals surface area contributed by atoms with Crippen molar-refractivity contribution in [3.63, 3.8) is 0 Å². The highest BCUT2D eigenvalue weighted by Crippen LogP contribution is 2.31. The van der Waals surface area contributed by atoms with Gasteiger partial charge in [-0.25, -0.2) is 15.0 Å². The molecule has 5 rings (SSSR count). The van der Waals surface area contributed by atoms with E-state index >= 15 is 0 Å². The predicted octanol–water partition coefficient (Wildman–Crippen LogP) is 6.20. The van der Waals surface area contributed by atoms with Crippen molar-refractivity contribution >= 4 is 22.4 Å². The maximum atomic E-state index is 6.38. The van der Waals surface area contributed by atoms with Gasteiger partial charge in [0.1, 0.15) is 10.8 Å². The van der Waals surface area contributed by atoms with Crippen LogP contribution in [-0.2, 0) is 12.8 Å². The van der Waals surface area contributed by atoms with E-state index in [1.54, 1.807) is 0 Å². The zero-order valence-corrected chi connectivity index (χ0v) is 16.5. The molecule has 0 saturated heterocycles. The lowest BCUT2D eigenvalue weighted by Gasteiger charge is -2.15. The Kier molecular flexibility index (Phi) is 4.33.